The molecule has 0 aliphatic rings. The Labute approximate surface area is 128 Å². The number of aromatic nitrogens is 1. The van der Waals surface area contributed by atoms with Crippen LogP contribution < -0.4 is 10.0 Å². The zero-order valence-electron chi connectivity index (χ0n) is 13.1. The predicted molar refractivity (Wildman–Crippen MR) is 86.0 cm³/mol. The molecule has 1 aromatic rings. The third-order valence-electron chi connectivity index (χ3n) is 3.24. The van der Waals surface area contributed by atoms with Gasteiger partial charge in [0.2, 0.25) is 10.0 Å². The number of nitrogens with zero attached hydrogens (tertiary/aromatic N) is 2. The Morgan fingerprint density at radius 1 is 1.19 bits per heavy atom. The molecule has 2 N–H and O–H groups in total. The normalized spacial score (nSPS) is 11.8. The highest BCUT2D eigenvalue weighted by molar-refractivity contribution is 7.89. The van der Waals surface area contributed by atoms with Gasteiger partial charge in [-0.05, 0) is 45.1 Å². The van der Waals surface area contributed by atoms with E-state index in [1.165, 1.54) is 6.20 Å². The van der Waals surface area contributed by atoms with Gasteiger partial charge in [0, 0.05) is 19.3 Å². The molecule has 21 heavy (non-hydrogen) atoms. The second-order valence-electron chi connectivity index (χ2n) is 4.69. The Hall–Kier alpha value is -1.18. The number of sulfonamides is 1. The summed E-state index contributed by atoms with van der Waals surface area (Å²) in [7, 11) is -3.46. The van der Waals surface area contributed by atoms with Crippen molar-refractivity contribution in [1.82, 2.24) is 14.6 Å². The molecule has 0 spiro atoms. The van der Waals surface area contributed by atoms with Crippen LogP contribution in [-0.4, -0.2) is 51.0 Å². The molecule has 0 amide bonds. The summed E-state index contributed by atoms with van der Waals surface area (Å²) in [6.07, 6.45) is 2.18. The highest BCUT2D eigenvalue weighted by Gasteiger charge is 2.13. The van der Waals surface area contributed by atoms with Crippen LogP contribution in [0.1, 0.15) is 27.2 Å². The third-order valence-corrected chi connectivity index (χ3v) is 4.69. The lowest BCUT2D eigenvalue weighted by Crippen LogP contribution is -2.30. The summed E-state index contributed by atoms with van der Waals surface area (Å²) in [4.78, 5) is 6.55. The molecule has 0 atom stereocenters. The molecule has 0 aliphatic carbocycles. The molecule has 0 saturated heterocycles. The standard InChI is InChI=1S/C14H26N4O2S/c1-4-15-14-9-8-13(12-16-14)21(19,20)17-10-7-11-18(5-2)6-3/h8-9,12,17H,4-7,10-11H2,1-3H3,(H,15,16). The van der Waals surface area contributed by atoms with Crippen molar-refractivity contribution < 1.29 is 8.42 Å². The first-order chi connectivity index (χ1) is 10.0. The smallest absolute Gasteiger partial charge is 0.242 e. The zero-order chi connectivity index (χ0) is 15.7. The lowest BCUT2D eigenvalue weighted by molar-refractivity contribution is 0.300. The van der Waals surface area contributed by atoms with Crippen molar-refractivity contribution in [3.05, 3.63) is 18.3 Å². The molecule has 0 aromatic carbocycles. The van der Waals surface area contributed by atoms with Gasteiger partial charge in [0.05, 0.1) is 0 Å². The molecule has 0 unspecified atom stereocenters. The van der Waals surface area contributed by atoms with E-state index in [2.05, 4.69) is 33.8 Å². The first kappa shape index (κ1) is 17.9. The van der Waals surface area contributed by atoms with Crippen molar-refractivity contribution in [3.8, 4) is 0 Å². The van der Waals surface area contributed by atoms with E-state index >= 15 is 0 Å². The minimum Gasteiger partial charge on any atom is -0.370 e. The van der Waals surface area contributed by atoms with Crippen LogP contribution >= 0.6 is 0 Å². The van der Waals surface area contributed by atoms with Gasteiger partial charge in [-0.2, -0.15) is 0 Å². The van der Waals surface area contributed by atoms with Crippen molar-refractivity contribution in [2.75, 3.05) is 38.0 Å². The Balaban J connectivity index is 2.49. The molecule has 1 aromatic heterocycles. The molecule has 6 nitrogen and oxygen atoms in total. The molecule has 1 heterocycles. The maximum atomic E-state index is 12.1. The van der Waals surface area contributed by atoms with Gasteiger partial charge in [0.1, 0.15) is 10.7 Å². The number of hydrogen-bond donors (Lipinski definition) is 2. The fraction of sp³-hybridized carbons (Fsp3) is 0.643. The van der Waals surface area contributed by atoms with E-state index in [9.17, 15) is 8.42 Å². The van der Waals surface area contributed by atoms with Crippen LogP contribution in [-0.2, 0) is 10.0 Å². The maximum absolute atomic E-state index is 12.1. The van der Waals surface area contributed by atoms with E-state index in [0.29, 0.717) is 12.4 Å². The van der Waals surface area contributed by atoms with Gasteiger partial charge in [-0.15, -0.1) is 0 Å². The van der Waals surface area contributed by atoms with Gasteiger partial charge >= 0.3 is 0 Å². The van der Waals surface area contributed by atoms with Crippen LogP contribution in [0.4, 0.5) is 5.82 Å². The first-order valence-electron chi connectivity index (χ1n) is 7.45. The van der Waals surface area contributed by atoms with Gasteiger partial charge in [-0.3, -0.25) is 0 Å². The number of rotatable bonds is 10. The van der Waals surface area contributed by atoms with Crippen LogP contribution in [0.5, 0.6) is 0 Å². The van der Waals surface area contributed by atoms with Gasteiger partial charge in [0.15, 0.2) is 0 Å². The van der Waals surface area contributed by atoms with Crippen molar-refractivity contribution >= 4 is 15.8 Å². The van der Waals surface area contributed by atoms with Gasteiger partial charge in [0.25, 0.3) is 0 Å². The van der Waals surface area contributed by atoms with E-state index in [1.807, 2.05) is 6.92 Å². The van der Waals surface area contributed by atoms with Crippen molar-refractivity contribution in [2.45, 2.75) is 32.1 Å². The van der Waals surface area contributed by atoms with Gasteiger partial charge in [-0.1, -0.05) is 13.8 Å². The molecule has 1 rings (SSSR count). The quantitative estimate of drug-likeness (QED) is 0.641. The van der Waals surface area contributed by atoms with Gasteiger partial charge in [-0.25, -0.2) is 18.1 Å². The molecular weight excluding hydrogens is 288 g/mol. The SMILES string of the molecule is CCNc1ccc(S(=O)(=O)NCCCN(CC)CC)cn1. The molecule has 0 saturated carbocycles. The van der Waals surface area contributed by atoms with Crippen LogP contribution in [0.2, 0.25) is 0 Å². The number of pyridine rings is 1. The summed E-state index contributed by atoms with van der Waals surface area (Å²) in [5.41, 5.74) is 0. The summed E-state index contributed by atoms with van der Waals surface area (Å²) >= 11 is 0. The molecule has 0 radical (unpaired) electrons. The average molecular weight is 314 g/mol. The van der Waals surface area contributed by atoms with E-state index in [0.717, 1.165) is 32.6 Å². The Morgan fingerprint density at radius 3 is 2.43 bits per heavy atom. The molecule has 7 heteroatoms. The van der Waals surface area contributed by atoms with Crippen molar-refractivity contribution in [1.29, 1.82) is 0 Å². The first-order valence-corrected chi connectivity index (χ1v) is 8.93. The predicted octanol–water partition coefficient (Wildman–Crippen LogP) is 1.52. The zero-order valence-corrected chi connectivity index (χ0v) is 13.9. The molecule has 0 fully saturated rings. The van der Waals surface area contributed by atoms with E-state index in [4.69, 9.17) is 0 Å². The fourth-order valence-corrected chi connectivity index (χ4v) is 2.98. The maximum Gasteiger partial charge on any atom is 0.242 e. The Bertz CT molecular complexity index is 498. The molecule has 120 valence electrons. The minimum absolute atomic E-state index is 0.201. The van der Waals surface area contributed by atoms with Gasteiger partial charge < -0.3 is 10.2 Å². The average Bonchev–Trinajstić information content (AvgIpc) is 2.48. The summed E-state index contributed by atoms with van der Waals surface area (Å²) in [6.45, 7) is 10.2. The highest BCUT2D eigenvalue weighted by Crippen LogP contribution is 2.10. The molecule has 0 bridgehead atoms. The highest BCUT2D eigenvalue weighted by atomic mass is 32.2. The summed E-state index contributed by atoms with van der Waals surface area (Å²) in [6, 6.07) is 3.24. The Kier molecular flexibility index (Phi) is 7.63. The third kappa shape index (κ3) is 5.99. The lowest BCUT2D eigenvalue weighted by atomic mass is 10.4. The molecule has 0 aliphatic heterocycles. The number of hydrogen-bond acceptors (Lipinski definition) is 5. The van der Waals surface area contributed by atoms with E-state index in [1.54, 1.807) is 12.1 Å². The van der Waals surface area contributed by atoms with Crippen LogP contribution in [0.3, 0.4) is 0 Å². The second kappa shape index (κ2) is 8.96. The Morgan fingerprint density at radius 2 is 1.90 bits per heavy atom. The monoisotopic (exact) mass is 314 g/mol. The topological polar surface area (TPSA) is 74.3 Å². The fourth-order valence-electron chi connectivity index (χ4n) is 1.96. The van der Waals surface area contributed by atoms with E-state index in [-0.39, 0.29) is 4.90 Å². The molecular formula is C14H26N4O2S. The summed E-state index contributed by atoms with van der Waals surface area (Å²) in [5.74, 6) is 0.679. The summed E-state index contributed by atoms with van der Waals surface area (Å²) < 4.78 is 26.8. The van der Waals surface area contributed by atoms with Crippen molar-refractivity contribution in [2.24, 2.45) is 0 Å². The second-order valence-corrected chi connectivity index (χ2v) is 6.45. The summed E-state index contributed by atoms with van der Waals surface area (Å²) in [5, 5.41) is 3.03. The van der Waals surface area contributed by atoms with Crippen LogP contribution in [0.15, 0.2) is 23.2 Å². The van der Waals surface area contributed by atoms with Crippen molar-refractivity contribution in [3.63, 3.8) is 0 Å². The lowest BCUT2D eigenvalue weighted by Gasteiger charge is -2.17. The van der Waals surface area contributed by atoms with Crippen LogP contribution in [0, 0.1) is 0 Å². The van der Waals surface area contributed by atoms with Crippen LogP contribution in [0.25, 0.3) is 0 Å². The van der Waals surface area contributed by atoms with E-state index < -0.39 is 10.0 Å². The largest absolute Gasteiger partial charge is 0.370 e. The number of nitrogens with one attached hydrogen (secondary N) is 2. The number of anilines is 1. The minimum atomic E-state index is -3.46.